The molecule has 1 N–H and O–H groups in total. The zero-order valence-corrected chi connectivity index (χ0v) is 17.2. The number of aryl methyl sites for hydroxylation is 2. The van der Waals surface area contributed by atoms with Crippen molar-refractivity contribution in [1.82, 2.24) is 0 Å². The van der Waals surface area contributed by atoms with Gasteiger partial charge in [0.1, 0.15) is 23.7 Å². The molecular weight excluding hydrogens is 376 g/mol. The number of rotatable bonds is 8. The highest BCUT2D eigenvalue weighted by molar-refractivity contribution is 6.31. The Labute approximate surface area is 170 Å². The van der Waals surface area contributed by atoms with Gasteiger partial charge in [-0.15, -0.1) is 0 Å². The zero-order chi connectivity index (χ0) is 20.3. The van der Waals surface area contributed by atoms with E-state index in [9.17, 15) is 4.79 Å². The number of carbonyl (C=O) groups is 1. The Morgan fingerprint density at radius 1 is 1.11 bits per heavy atom. The lowest BCUT2D eigenvalue weighted by Crippen LogP contribution is -2.03. The summed E-state index contributed by atoms with van der Waals surface area (Å²) in [5.41, 5.74) is 4.86. The average molecular weight is 401 g/mol. The van der Waals surface area contributed by atoms with Crippen LogP contribution >= 0.6 is 11.6 Å². The molecule has 0 unspecified atom stereocenters. The minimum absolute atomic E-state index is 0.125. The fourth-order valence-corrected chi connectivity index (χ4v) is 3.64. The zero-order valence-electron chi connectivity index (χ0n) is 16.5. The van der Waals surface area contributed by atoms with E-state index in [1.54, 1.807) is 0 Å². The highest BCUT2D eigenvalue weighted by Gasteiger charge is 2.13. The molecular formula is C23H25ClO4. The second-order valence-corrected chi connectivity index (χ2v) is 7.54. The van der Waals surface area contributed by atoms with Crippen molar-refractivity contribution >= 4 is 28.5 Å². The van der Waals surface area contributed by atoms with Crippen LogP contribution in [0.2, 0.25) is 5.02 Å². The van der Waals surface area contributed by atoms with Crippen LogP contribution in [0.15, 0.2) is 34.7 Å². The highest BCUT2D eigenvalue weighted by atomic mass is 35.5. The minimum Gasteiger partial charge on any atom is -0.488 e. The predicted octanol–water partition coefficient (Wildman–Crippen LogP) is 6.25. The number of carboxylic acid groups (broad SMARTS) is 1. The number of hydrogen-bond donors (Lipinski definition) is 1. The molecule has 0 spiro atoms. The molecule has 0 amide bonds. The van der Waals surface area contributed by atoms with Crippen LogP contribution < -0.4 is 4.74 Å². The van der Waals surface area contributed by atoms with Crippen molar-refractivity contribution in [3.8, 4) is 5.75 Å². The molecule has 3 rings (SSSR count). The molecule has 5 heteroatoms. The lowest BCUT2D eigenvalue weighted by molar-refractivity contribution is -0.136. The first kappa shape index (κ1) is 20.3. The SMILES string of the molecule is CCCc1cc2cc(Cl)cc(COc3ccc(CCC(=O)O)c(C)c3C)c2o1. The van der Waals surface area contributed by atoms with Gasteiger partial charge in [-0.05, 0) is 67.6 Å². The van der Waals surface area contributed by atoms with E-state index in [4.69, 9.17) is 25.9 Å². The maximum Gasteiger partial charge on any atom is 0.303 e. The largest absolute Gasteiger partial charge is 0.488 e. The molecule has 3 aromatic rings. The Kier molecular flexibility index (Phi) is 6.30. The van der Waals surface area contributed by atoms with Crippen molar-refractivity contribution in [3.63, 3.8) is 0 Å². The summed E-state index contributed by atoms with van der Waals surface area (Å²) in [5.74, 6) is 0.948. The Hall–Kier alpha value is -2.46. The number of hydrogen-bond acceptors (Lipinski definition) is 3. The van der Waals surface area contributed by atoms with Gasteiger partial charge in [0.2, 0.25) is 0 Å². The number of fused-ring (bicyclic) bond motifs is 1. The van der Waals surface area contributed by atoms with Gasteiger partial charge in [0.05, 0.1) is 0 Å². The summed E-state index contributed by atoms with van der Waals surface area (Å²) in [7, 11) is 0. The van der Waals surface area contributed by atoms with Crippen LogP contribution in [0.1, 0.15) is 47.8 Å². The van der Waals surface area contributed by atoms with Gasteiger partial charge in [0, 0.05) is 28.8 Å². The Balaban J connectivity index is 1.82. The number of carboxylic acids is 1. The molecule has 0 fully saturated rings. The van der Waals surface area contributed by atoms with Crippen LogP contribution in [0.5, 0.6) is 5.75 Å². The van der Waals surface area contributed by atoms with E-state index in [-0.39, 0.29) is 6.42 Å². The molecule has 0 aliphatic rings. The van der Waals surface area contributed by atoms with Crippen LogP contribution in [0.4, 0.5) is 0 Å². The summed E-state index contributed by atoms with van der Waals surface area (Å²) < 4.78 is 12.1. The van der Waals surface area contributed by atoms with Gasteiger partial charge in [-0.2, -0.15) is 0 Å². The molecule has 148 valence electrons. The van der Waals surface area contributed by atoms with E-state index in [1.165, 1.54) is 0 Å². The van der Waals surface area contributed by atoms with E-state index < -0.39 is 5.97 Å². The Morgan fingerprint density at radius 2 is 1.89 bits per heavy atom. The number of ether oxygens (including phenoxy) is 1. The molecule has 0 atom stereocenters. The van der Waals surface area contributed by atoms with Gasteiger partial charge in [-0.1, -0.05) is 24.6 Å². The number of benzene rings is 2. The van der Waals surface area contributed by atoms with E-state index in [0.717, 1.165) is 57.6 Å². The van der Waals surface area contributed by atoms with Crippen LogP contribution in [0.25, 0.3) is 11.0 Å². The molecule has 0 aliphatic heterocycles. The molecule has 2 aromatic carbocycles. The van der Waals surface area contributed by atoms with Crippen LogP contribution in [-0.2, 0) is 24.2 Å². The summed E-state index contributed by atoms with van der Waals surface area (Å²) in [4.78, 5) is 10.8. The molecule has 28 heavy (non-hydrogen) atoms. The maximum atomic E-state index is 10.8. The topological polar surface area (TPSA) is 59.7 Å². The van der Waals surface area contributed by atoms with E-state index >= 15 is 0 Å². The maximum absolute atomic E-state index is 10.8. The molecule has 0 aliphatic carbocycles. The second-order valence-electron chi connectivity index (χ2n) is 7.10. The highest BCUT2D eigenvalue weighted by Crippen LogP contribution is 2.30. The lowest BCUT2D eigenvalue weighted by atomic mass is 9.99. The van der Waals surface area contributed by atoms with Crippen LogP contribution in [0.3, 0.4) is 0 Å². The first-order valence-electron chi connectivity index (χ1n) is 9.53. The minimum atomic E-state index is -0.789. The number of aliphatic carboxylic acids is 1. The molecule has 4 nitrogen and oxygen atoms in total. The summed E-state index contributed by atoms with van der Waals surface area (Å²) >= 11 is 6.28. The third-order valence-corrected chi connectivity index (χ3v) is 5.26. The van der Waals surface area contributed by atoms with Gasteiger partial charge in [0.15, 0.2) is 0 Å². The molecule has 0 radical (unpaired) electrons. The average Bonchev–Trinajstić information content (AvgIpc) is 3.04. The predicted molar refractivity (Wildman–Crippen MR) is 111 cm³/mol. The van der Waals surface area contributed by atoms with Crippen molar-refractivity contribution in [2.75, 3.05) is 0 Å². The summed E-state index contributed by atoms with van der Waals surface area (Å²) in [6, 6.07) is 9.69. The third-order valence-electron chi connectivity index (χ3n) is 5.05. The summed E-state index contributed by atoms with van der Waals surface area (Å²) in [5, 5.41) is 10.6. The molecule has 1 aromatic heterocycles. The normalized spacial score (nSPS) is 11.1. The van der Waals surface area contributed by atoms with Gasteiger partial charge >= 0.3 is 5.97 Å². The number of furan rings is 1. The molecule has 0 bridgehead atoms. The second kappa shape index (κ2) is 8.70. The fraction of sp³-hybridized carbons (Fsp3) is 0.348. The van der Waals surface area contributed by atoms with Crippen molar-refractivity contribution in [1.29, 1.82) is 0 Å². The quantitative estimate of drug-likeness (QED) is 0.485. The first-order valence-corrected chi connectivity index (χ1v) is 9.91. The third kappa shape index (κ3) is 4.50. The van der Waals surface area contributed by atoms with Crippen molar-refractivity contribution in [2.24, 2.45) is 0 Å². The Bertz CT molecular complexity index is 1000. The lowest BCUT2D eigenvalue weighted by Gasteiger charge is -2.14. The van der Waals surface area contributed by atoms with Gasteiger partial charge in [-0.25, -0.2) is 0 Å². The monoisotopic (exact) mass is 400 g/mol. The first-order chi connectivity index (χ1) is 13.4. The van der Waals surface area contributed by atoms with Crippen molar-refractivity contribution in [3.05, 3.63) is 63.4 Å². The van der Waals surface area contributed by atoms with E-state index in [0.29, 0.717) is 18.1 Å². The van der Waals surface area contributed by atoms with Crippen LogP contribution in [0, 0.1) is 13.8 Å². The van der Waals surface area contributed by atoms with Crippen LogP contribution in [-0.4, -0.2) is 11.1 Å². The van der Waals surface area contributed by atoms with Gasteiger partial charge in [0.25, 0.3) is 0 Å². The Morgan fingerprint density at radius 3 is 2.61 bits per heavy atom. The summed E-state index contributed by atoms with van der Waals surface area (Å²) in [6.45, 7) is 6.47. The van der Waals surface area contributed by atoms with E-state index in [2.05, 4.69) is 6.92 Å². The molecule has 0 saturated carbocycles. The standard InChI is InChI=1S/C23H25ClO4/c1-4-5-20-12-17-10-19(24)11-18(23(17)28-20)13-27-21-8-6-16(7-9-22(25)26)14(2)15(21)3/h6,8,10-12H,4-5,7,9,13H2,1-3H3,(H,25,26). The van der Waals surface area contributed by atoms with Crippen molar-refractivity contribution < 1.29 is 19.1 Å². The van der Waals surface area contributed by atoms with Gasteiger partial charge in [-0.3, -0.25) is 4.79 Å². The summed E-state index contributed by atoms with van der Waals surface area (Å²) in [6.07, 6.45) is 2.55. The smallest absolute Gasteiger partial charge is 0.303 e. The fourth-order valence-electron chi connectivity index (χ4n) is 3.39. The van der Waals surface area contributed by atoms with Crippen molar-refractivity contribution in [2.45, 2.75) is 53.1 Å². The van der Waals surface area contributed by atoms with Gasteiger partial charge < -0.3 is 14.3 Å². The van der Waals surface area contributed by atoms with E-state index in [1.807, 2.05) is 44.2 Å². The molecule has 1 heterocycles. The number of halogens is 1. The molecule has 0 saturated heterocycles.